The number of carbonyl (C=O) groups excluding carboxylic acids is 2. The first-order chi connectivity index (χ1) is 11.9. The highest BCUT2D eigenvalue weighted by molar-refractivity contribution is 5.92. The summed E-state index contributed by atoms with van der Waals surface area (Å²) >= 11 is 0. The monoisotopic (exact) mass is 347 g/mol. The van der Waals surface area contributed by atoms with Crippen LogP contribution in [0, 0.1) is 5.92 Å². The predicted octanol–water partition coefficient (Wildman–Crippen LogP) is 2.42. The van der Waals surface area contributed by atoms with Crippen molar-refractivity contribution in [2.45, 2.75) is 77.4 Å². The van der Waals surface area contributed by atoms with Crippen LogP contribution in [-0.4, -0.2) is 33.3 Å². The molecule has 2 fully saturated rings. The van der Waals surface area contributed by atoms with Crippen molar-refractivity contribution in [2.24, 2.45) is 5.92 Å². The van der Waals surface area contributed by atoms with Crippen molar-refractivity contribution < 1.29 is 9.59 Å². The standard InChI is InChI=1S/C18H29N5O2/c1-4-14-13(10-19-23(14)11-12(2)3)20-17(25)22-18-8-6-5-7-15(18)21-16(24)9-18/h10,12,15H,4-9,11H2,1-3H3,(H,21,24)(H2,20,22,25)/t15-,18+/m0/s1. The van der Waals surface area contributed by atoms with Gasteiger partial charge in [-0.25, -0.2) is 4.79 Å². The van der Waals surface area contributed by atoms with Gasteiger partial charge in [0.1, 0.15) is 0 Å². The largest absolute Gasteiger partial charge is 0.351 e. The molecule has 1 aromatic rings. The molecule has 2 heterocycles. The number of hydrogen-bond donors (Lipinski definition) is 3. The fourth-order valence-corrected chi connectivity index (χ4v) is 4.16. The molecule has 1 saturated carbocycles. The fourth-order valence-electron chi connectivity index (χ4n) is 4.16. The topological polar surface area (TPSA) is 88.1 Å². The lowest BCUT2D eigenvalue weighted by atomic mass is 9.78. The van der Waals surface area contributed by atoms with E-state index in [9.17, 15) is 9.59 Å². The van der Waals surface area contributed by atoms with Crippen molar-refractivity contribution in [3.63, 3.8) is 0 Å². The zero-order valence-electron chi connectivity index (χ0n) is 15.4. The number of fused-ring (bicyclic) bond motifs is 1. The Morgan fingerprint density at radius 3 is 3.00 bits per heavy atom. The van der Waals surface area contributed by atoms with Gasteiger partial charge in [0.15, 0.2) is 0 Å². The summed E-state index contributed by atoms with van der Waals surface area (Å²) in [4.78, 5) is 24.5. The van der Waals surface area contributed by atoms with Gasteiger partial charge in [-0.1, -0.05) is 33.6 Å². The molecule has 0 bridgehead atoms. The molecule has 1 aliphatic carbocycles. The third kappa shape index (κ3) is 3.65. The van der Waals surface area contributed by atoms with Crippen LogP contribution in [0.1, 0.15) is 58.6 Å². The molecule has 7 nitrogen and oxygen atoms in total. The second kappa shape index (κ2) is 7.06. The number of nitrogens with zero attached hydrogens (tertiary/aromatic N) is 2. The average molecular weight is 347 g/mol. The molecule has 0 radical (unpaired) electrons. The van der Waals surface area contributed by atoms with Gasteiger partial charge in [-0.3, -0.25) is 9.48 Å². The highest BCUT2D eigenvalue weighted by Gasteiger charge is 2.49. The first-order valence-electron chi connectivity index (χ1n) is 9.36. The first kappa shape index (κ1) is 17.8. The molecular formula is C18H29N5O2. The van der Waals surface area contributed by atoms with E-state index in [1.54, 1.807) is 6.20 Å². The van der Waals surface area contributed by atoms with Crippen LogP contribution in [0.15, 0.2) is 6.20 Å². The van der Waals surface area contributed by atoms with Crippen molar-refractivity contribution in [2.75, 3.05) is 5.32 Å². The molecular weight excluding hydrogens is 318 g/mol. The molecule has 0 unspecified atom stereocenters. The number of rotatable bonds is 5. The molecule has 3 amide bonds. The van der Waals surface area contributed by atoms with Crippen molar-refractivity contribution >= 4 is 17.6 Å². The van der Waals surface area contributed by atoms with Gasteiger partial charge in [-0.2, -0.15) is 5.10 Å². The number of carbonyl (C=O) groups is 2. The van der Waals surface area contributed by atoms with Gasteiger partial charge in [-0.15, -0.1) is 0 Å². The normalized spacial score (nSPS) is 25.6. The van der Waals surface area contributed by atoms with Gasteiger partial charge in [0, 0.05) is 6.54 Å². The van der Waals surface area contributed by atoms with E-state index < -0.39 is 5.54 Å². The number of hydrogen-bond acceptors (Lipinski definition) is 3. The van der Waals surface area contributed by atoms with Crippen LogP contribution in [0.2, 0.25) is 0 Å². The summed E-state index contributed by atoms with van der Waals surface area (Å²) < 4.78 is 1.96. The molecule has 25 heavy (non-hydrogen) atoms. The number of urea groups is 1. The van der Waals surface area contributed by atoms with Crippen LogP contribution < -0.4 is 16.0 Å². The minimum Gasteiger partial charge on any atom is -0.351 e. The summed E-state index contributed by atoms with van der Waals surface area (Å²) in [5.41, 5.74) is 1.34. The maximum atomic E-state index is 12.6. The third-order valence-corrected chi connectivity index (χ3v) is 5.28. The van der Waals surface area contributed by atoms with E-state index in [0.29, 0.717) is 12.3 Å². The van der Waals surface area contributed by atoms with E-state index in [2.05, 4.69) is 41.8 Å². The minimum absolute atomic E-state index is 0.0335. The first-order valence-corrected chi connectivity index (χ1v) is 9.36. The SMILES string of the molecule is CCc1c(NC(=O)N[C@@]23CCCC[C@@H]2NC(=O)C3)cnn1CC(C)C. The van der Waals surface area contributed by atoms with Crippen LogP contribution in [0.4, 0.5) is 10.5 Å². The van der Waals surface area contributed by atoms with Crippen LogP contribution in [0.25, 0.3) is 0 Å². The highest BCUT2D eigenvalue weighted by Crippen LogP contribution is 2.35. The lowest BCUT2D eigenvalue weighted by Gasteiger charge is -2.38. The molecule has 3 rings (SSSR count). The number of aromatic nitrogens is 2. The summed E-state index contributed by atoms with van der Waals surface area (Å²) in [6.07, 6.45) is 6.80. The second-order valence-corrected chi connectivity index (χ2v) is 7.71. The minimum atomic E-state index is -0.445. The smallest absolute Gasteiger partial charge is 0.319 e. The van der Waals surface area contributed by atoms with Gasteiger partial charge in [0.05, 0.1) is 35.6 Å². The zero-order chi connectivity index (χ0) is 18.0. The van der Waals surface area contributed by atoms with Crippen LogP contribution >= 0.6 is 0 Å². The Bertz CT molecular complexity index is 654. The summed E-state index contributed by atoms with van der Waals surface area (Å²) in [5.74, 6) is 0.524. The predicted molar refractivity (Wildman–Crippen MR) is 96.3 cm³/mol. The van der Waals surface area contributed by atoms with Crippen LogP contribution in [0.3, 0.4) is 0 Å². The molecule has 138 valence electrons. The van der Waals surface area contributed by atoms with Crippen LogP contribution in [-0.2, 0) is 17.8 Å². The molecule has 1 saturated heterocycles. The van der Waals surface area contributed by atoms with Crippen molar-refractivity contribution in [1.82, 2.24) is 20.4 Å². The van der Waals surface area contributed by atoms with Crippen LogP contribution in [0.5, 0.6) is 0 Å². The molecule has 0 aromatic carbocycles. The van der Waals surface area contributed by atoms with Gasteiger partial charge in [-0.05, 0) is 25.2 Å². The molecule has 2 atom stereocenters. The van der Waals surface area contributed by atoms with E-state index in [1.165, 1.54) is 0 Å². The van der Waals surface area contributed by atoms with Crippen molar-refractivity contribution in [1.29, 1.82) is 0 Å². The average Bonchev–Trinajstić information content (AvgIpc) is 3.05. The van der Waals surface area contributed by atoms with E-state index in [1.807, 2.05) is 4.68 Å². The zero-order valence-corrected chi connectivity index (χ0v) is 15.4. The van der Waals surface area contributed by atoms with Gasteiger partial charge in [0.2, 0.25) is 5.91 Å². The lowest BCUT2D eigenvalue weighted by Crippen LogP contribution is -2.58. The molecule has 7 heteroatoms. The van der Waals surface area contributed by atoms with Gasteiger partial charge >= 0.3 is 6.03 Å². The maximum absolute atomic E-state index is 12.6. The fraction of sp³-hybridized carbons (Fsp3) is 0.722. The number of nitrogens with one attached hydrogen (secondary N) is 3. The van der Waals surface area contributed by atoms with E-state index in [4.69, 9.17) is 0 Å². The summed E-state index contributed by atoms with van der Waals surface area (Å²) in [7, 11) is 0. The molecule has 2 aliphatic rings. The summed E-state index contributed by atoms with van der Waals surface area (Å²) in [6, 6.07) is -0.198. The Morgan fingerprint density at radius 2 is 2.28 bits per heavy atom. The molecule has 3 N–H and O–H groups in total. The Hall–Kier alpha value is -2.05. The summed E-state index contributed by atoms with van der Waals surface area (Å²) in [6.45, 7) is 7.18. The number of amides is 3. The molecule has 1 aliphatic heterocycles. The quantitative estimate of drug-likeness (QED) is 0.764. The highest BCUT2D eigenvalue weighted by atomic mass is 16.2. The van der Waals surface area contributed by atoms with E-state index in [-0.39, 0.29) is 18.0 Å². The summed E-state index contributed by atoms with van der Waals surface area (Å²) in [5, 5.41) is 13.5. The Balaban J connectivity index is 1.70. The second-order valence-electron chi connectivity index (χ2n) is 7.71. The maximum Gasteiger partial charge on any atom is 0.319 e. The van der Waals surface area contributed by atoms with E-state index >= 15 is 0 Å². The molecule has 0 spiro atoms. The van der Waals surface area contributed by atoms with Gasteiger partial charge in [0.25, 0.3) is 0 Å². The Kier molecular flexibility index (Phi) is 5.01. The van der Waals surface area contributed by atoms with Crippen molar-refractivity contribution in [3.8, 4) is 0 Å². The lowest BCUT2D eigenvalue weighted by molar-refractivity contribution is -0.119. The van der Waals surface area contributed by atoms with Crippen molar-refractivity contribution in [3.05, 3.63) is 11.9 Å². The number of anilines is 1. The third-order valence-electron chi connectivity index (χ3n) is 5.28. The van der Waals surface area contributed by atoms with E-state index in [0.717, 1.165) is 50.0 Å². The molecule has 1 aromatic heterocycles. The van der Waals surface area contributed by atoms with Gasteiger partial charge < -0.3 is 16.0 Å². The Morgan fingerprint density at radius 1 is 1.48 bits per heavy atom. The Labute approximate surface area is 148 Å².